The minimum atomic E-state index is 0.281. The van der Waals surface area contributed by atoms with Gasteiger partial charge in [-0.3, -0.25) is 0 Å². The molecule has 2 nitrogen and oxygen atoms in total. The molecule has 3 aliphatic rings. The summed E-state index contributed by atoms with van der Waals surface area (Å²) in [5.41, 5.74) is 2.97. The molecule has 0 spiro atoms. The molecule has 3 aliphatic carbocycles. The lowest BCUT2D eigenvalue weighted by Gasteiger charge is -2.50. The van der Waals surface area contributed by atoms with Crippen molar-refractivity contribution in [2.24, 2.45) is 23.7 Å². The number of hydrogen-bond acceptors (Lipinski definition) is 2. The van der Waals surface area contributed by atoms with Crippen LogP contribution in [0.1, 0.15) is 64.0 Å². The third-order valence-corrected chi connectivity index (χ3v) is 6.73. The van der Waals surface area contributed by atoms with Crippen LogP contribution in [0, 0.1) is 23.7 Å². The molecule has 2 fully saturated rings. The van der Waals surface area contributed by atoms with Crippen LogP contribution in [-0.4, -0.2) is 11.4 Å². The largest absolute Gasteiger partial charge is 0.508 e. The maximum atomic E-state index is 9.72. The second-order valence-corrected chi connectivity index (χ2v) is 8.07. The van der Waals surface area contributed by atoms with Crippen LogP contribution in [0.5, 0.6) is 5.75 Å². The van der Waals surface area contributed by atoms with Crippen molar-refractivity contribution in [3.05, 3.63) is 35.4 Å². The van der Waals surface area contributed by atoms with Crippen LogP contribution in [0.2, 0.25) is 0 Å². The van der Waals surface area contributed by atoms with E-state index in [-0.39, 0.29) is 5.41 Å². The van der Waals surface area contributed by atoms with Crippen LogP contribution >= 0.6 is 0 Å². The number of allylic oxidation sites excluding steroid dienone is 1. The number of phenolic OH excluding ortho intramolecular Hbond substituents is 1. The molecule has 0 aromatic heterocycles. The summed E-state index contributed by atoms with van der Waals surface area (Å²) >= 11 is 0. The fourth-order valence-electron chi connectivity index (χ4n) is 5.44. The Labute approximate surface area is 146 Å². The Hall–Kier alpha value is -1.57. The fraction of sp³-hybridized carbons (Fsp3) is 0.591. The molecule has 0 amide bonds. The van der Waals surface area contributed by atoms with Crippen molar-refractivity contribution in [3.63, 3.8) is 0 Å². The summed E-state index contributed by atoms with van der Waals surface area (Å²) in [6.07, 6.45) is 11.7. The molecule has 3 unspecified atom stereocenters. The first-order chi connectivity index (χ1) is 11.5. The highest BCUT2D eigenvalue weighted by atomic mass is 16.3. The summed E-state index contributed by atoms with van der Waals surface area (Å²) in [6.45, 7) is 6.72. The van der Waals surface area contributed by atoms with Gasteiger partial charge in [-0.2, -0.15) is 0 Å². The molecular formula is C22H30O2. The van der Waals surface area contributed by atoms with Crippen LogP contribution in [0.25, 0.3) is 6.08 Å². The van der Waals surface area contributed by atoms with Gasteiger partial charge in [-0.05, 0) is 71.6 Å². The van der Waals surface area contributed by atoms with E-state index < -0.39 is 0 Å². The second-order valence-electron chi connectivity index (χ2n) is 8.07. The second kappa shape index (κ2) is 6.74. The lowest BCUT2D eigenvalue weighted by molar-refractivity contribution is -0.107. The maximum Gasteiger partial charge on any atom is 0.119 e. The number of aldehydes is 1. The first-order valence-electron chi connectivity index (χ1n) is 9.46. The predicted octanol–water partition coefficient (Wildman–Crippen LogP) is 5.34. The van der Waals surface area contributed by atoms with Crippen LogP contribution in [0.4, 0.5) is 0 Å². The quantitative estimate of drug-likeness (QED) is 0.707. The smallest absolute Gasteiger partial charge is 0.119 e. The van der Waals surface area contributed by atoms with E-state index in [2.05, 4.69) is 32.1 Å². The fourth-order valence-corrected chi connectivity index (χ4v) is 5.44. The van der Waals surface area contributed by atoms with Crippen LogP contribution in [-0.2, 0) is 10.2 Å². The third kappa shape index (κ3) is 2.81. The summed E-state index contributed by atoms with van der Waals surface area (Å²) in [5.74, 6) is 3.82. The Balaban J connectivity index is 0.000000383. The molecule has 0 aliphatic heterocycles. The van der Waals surface area contributed by atoms with Crippen molar-refractivity contribution in [1.29, 1.82) is 0 Å². The molecule has 1 N–H and O–H groups in total. The van der Waals surface area contributed by atoms with Gasteiger partial charge in [0.25, 0.3) is 0 Å². The average Bonchev–Trinajstić information content (AvgIpc) is 2.95. The summed E-state index contributed by atoms with van der Waals surface area (Å²) in [7, 11) is 0. The van der Waals surface area contributed by atoms with Crippen LogP contribution in [0.3, 0.4) is 0 Å². The van der Waals surface area contributed by atoms with E-state index >= 15 is 0 Å². The van der Waals surface area contributed by atoms with Crippen molar-refractivity contribution in [2.75, 3.05) is 0 Å². The Morgan fingerprint density at radius 3 is 2.71 bits per heavy atom. The first kappa shape index (κ1) is 17.3. The highest BCUT2D eigenvalue weighted by Gasteiger charge is 2.51. The van der Waals surface area contributed by atoms with Crippen molar-refractivity contribution in [3.8, 4) is 5.75 Å². The normalized spacial score (nSPS) is 36.0. The summed E-state index contributed by atoms with van der Waals surface area (Å²) in [6, 6.07) is 5.96. The van der Waals surface area contributed by atoms with Gasteiger partial charge in [0.2, 0.25) is 0 Å². The van der Waals surface area contributed by atoms with Crippen molar-refractivity contribution < 1.29 is 9.90 Å². The zero-order valence-electron chi connectivity index (χ0n) is 15.2. The number of benzene rings is 1. The number of fused-ring (bicyclic) bond motifs is 5. The van der Waals surface area contributed by atoms with E-state index in [1.54, 1.807) is 0 Å². The third-order valence-electron chi connectivity index (χ3n) is 6.73. The molecule has 0 radical (unpaired) electrons. The van der Waals surface area contributed by atoms with Gasteiger partial charge in [0.05, 0.1) is 0 Å². The Morgan fingerprint density at radius 1 is 1.25 bits per heavy atom. The highest BCUT2D eigenvalue weighted by Crippen LogP contribution is 2.58. The van der Waals surface area contributed by atoms with E-state index in [0.717, 1.165) is 24.0 Å². The molecule has 0 bridgehead atoms. The topological polar surface area (TPSA) is 37.3 Å². The van der Waals surface area contributed by atoms with Crippen molar-refractivity contribution in [2.45, 2.75) is 58.3 Å². The number of carbonyl (C=O) groups is 1. The van der Waals surface area contributed by atoms with Gasteiger partial charge < -0.3 is 9.90 Å². The summed E-state index contributed by atoms with van der Waals surface area (Å²) in [4.78, 5) is 9.17. The lowest BCUT2D eigenvalue weighted by atomic mass is 9.54. The number of phenols is 1. The van der Waals surface area contributed by atoms with Crippen LogP contribution in [0.15, 0.2) is 24.3 Å². The van der Waals surface area contributed by atoms with E-state index in [9.17, 15) is 9.90 Å². The van der Waals surface area contributed by atoms with Crippen LogP contribution < -0.4 is 0 Å². The lowest BCUT2D eigenvalue weighted by Crippen LogP contribution is -2.44. The molecule has 24 heavy (non-hydrogen) atoms. The molecule has 1 aromatic rings. The van der Waals surface area contributed by atoms with Gasteiger partial charge in [-0.1, -0.05) is 45.4 Å². The van der Waals surface area contributed by atoms with E-state index in [1.165, 1.54) is 36.8 Å². The molecule has 1 aromatic carbocycles. The molecular weight excluding hydrogens is 296 g/mol. The molecule has 2 heteroatoms. The Morgan fingerprint density at radius 2 is 2.00 bits per heavy atom. The number of aromatic hydroxyl groups is 1. The van der Waals surface area contributed by atoms with Gasteiger partial charge >= 0.3 is 0 Å². The van der Waals surface area contributed by atoms with Gasteiger partial charge in [-0.15, -0.1) is 0 Å². The van der Waals surface area contributed by atoms with E-state index in [0.29, 0.717) is 18.1 Å². The van der Waals surface area contributed by atoms with Gasteiger partial charge in [0.1, 0.15) is 12.0 Å². The monoisotopic (exact) mass is 326 g/mol. The van der Waals surface area contributed by atoms with E-state index in [4.69, 9.17) is 0 Å². The standard InChI is InChI=1S/C19H24O.C3H6O/c1-12-3-6-16-15(12)9-10-19(2)17-8-5-14(20)11-13(17)4-7-18(16)19;1-2-3-4/h4-5,7-8,11-12,15-16,18,20H,3,6,9-10H2,1-2H3;3H,2H2,1H3/t12-,15?,16?,18?,19+;/m0./s1. The SMILES string of the molecule is CCC=O.C[C@H]1CCC2C1CC[C@]1(C)c3ccc(O)cc3C=CC21. The van der Waals surface area contributed by atoms with Gasteiger partial charge in [0, 0.05) is 6.42 Å². The molecule has 0 saturated heterocycles. The Bertz CT molecular complexity index is 633. The zero-order chi connectivity index (χ0) is 17.3. The predicted molar refractivity (Wildman–Crippen MR) is 98.9 cm³/mol. The highest BCUT2D eigenvalue weighted by molar-refractivity contribution is 5.62. The van der Waals surface area contributed by atoms with Gasteiger partial charge in [0.15, 0.2) is 0 Å². The number of rotatable bonds is 1. The first-order valence-corrected chi connectivity index (χ1v) is 9.46. The minimum Gasteiger partial charge on any atom is -0.508 e. The molecule has 5 atom stereocenters. The molecule has 2 saturated carbocycles. The molecule has 0 heterocycles. The van der Waals surface area contributed by atoms with Crippen molar-refractivity contribution >= 4 is 12.4 Å². The van der Waals surface area contributed by atoms with E-state index in [1.807, 2.05) is 19.1 Å². The Kier molecular flexibility index (Phi) is 4.85. The van der Waals surface area contributed by atoms with Gasteiger partial charge in [-0.25, -0.2) is 0 Å². The number of carbonyl (C=O) groups excluding carboxylic acids is 1. The molecule has 4 rings (SSSR count). The maximum absolute atomic E-state index is 9.72. The zero-order valence-corrected chi connectivity index (χ0v) is 15.2. The average molecular weight is 326 g/mol. The van der Waals surface area contributed by atoms with Crippen molar-refractivity contribution in [1.82, 2.24) is 0 Å². The minimum absolute atomic E-state index is 0.281. The summed E-state index contributed by atoms with van der Waals surface area (Å²) < 4.78 is 0. The summed E-state index contributed by atoms with van der Waals surface area (Å²) in [5, 5.41) is 9.72. The number of hydrogen-bond donors (Lipinski definition) is 1. The molecule has 130 valence electrons.